The third-order valence-corrected chi connectivity index (χ3v) is 5.23. The molecule has 144 valence electrons. The maximum Gasteiger partial charge on any atom is 0.416 e. The normalized spacial score (nSPS) is 17.2. The minimum Gasteiger partial charge on any atom is -0.326 e. The summed E-state index contributed by atoms with van der Waals surface area (Å²) in [7, 11) is 0. The van der Waals surface area contributed by atoms with Crippen molar-refractivity contribution in [1.29, 1.82) is 0 Å². The Balaban J connectivity index is 1.79. The average Bonchev–Trinajstić information content (AvgIpc) is 3.31. The van der Waals surface area contributed by atoms with E-state index in [-0.39, 0.29) is 23.7 Å². The van der Waals surface area contributed by atoms with Crippen LogP contribution in [0.4, 0.5) is 18.9 Å². The summed E-state index contributed by atoms with van der Waals surface area (Å²) in [6.45, 7) is 0.352. The van der Waals surface area contributed by atoms with Crippen molar-refractivity contribution in [2.24, 2.45) is 5.73 Å². The SMILES string of the molecule is NCc1cc(NC(=O)C2CCCN2C(=O)c2cccs2)cc(C(F)(F)F)c1. The maximum atomic E-state index is 13.0. The van der Waals surface area contributed by atoms with E-state index in [4.69, 9.17) is 5.73 Å². The lowest BCUT2D eigenvalue weighted by atomic mass is 10.1. The second kappa shape index (κ2) is 7.69. The number of likely N-dealkylation sites (tertiary alicyclic amines) is 1. The molecule has 2 amide bonds. The molecule has 1 aliphatic rings. The zero-order chi connectivity index (χ0) is 19.6. The maximum absolute atomic E-state index is 13.0. The number of alkyl halides is 3. The third kappa shape index (κ3) is 4.30. The number of nitrogens with one attached hydrogen (secondary N) is 1. The van der Waals surface area contributed by atoms with Gasteiger partial charge in [0.05, 0.1) is 10.4 Å². The number of hydrogen-bond acceptors (Lipinski definition) is 4. The molecule has 27 heavy (non-hydrogen) atoms. The molecule has 0 spiro atoms. The van der Waals surface area contributed by atoms with Gasteiger partial charge in [0, 0.05) is 18.8 Å². The lowest BCUT2D eigenvalue weighted by Crippen LogP contribution is -2.43. The Morgan fingerprint density at radius 3 is 2.70 bits per heavy atom. The second-order valence-corrected chi connectivity index (χ2v) is 7.19. The Hall–Kier alpha value is -2.39. The van der Waals surface area contributed by atoms with Gasteiger partial charge in [-0.2, -0.15) is 13.2 Å². The van der Waals surface area contributed by atoms with E-state index in [0.29, 0.717) is 24.3 Å². The number of nitrogens with two attached hydrogens (primary N) is 1. The van der Waals surface area contributed by atoms with Gasteiger partial charge < -0.3 is 16.0 Å². The number of halogens is 3. The first-order valence-electron chi connectivity index (χ1n) is 8.36. The fourth-order valence-electron chi connectivity index (χ4n) is 3.10. The van der Waals surface area contributed by atoms with E-state index in [1.165, 1.54) is 22.3 Å². The highest BCUT2D eigenvalue weighted by molar-refractivity contribution is 7.12. The predicted octanol–water partition coefficient (Wildman–Crippen LogP) is 3.47. The number of amides is 2. The predicted molar refractivity (Wildman–Crippen MR) is 96.3 cm³/mol. The van der Waals surface area contributed by atoms with E-state index < -0.39 is 23.7 Å². The van der Waals surface area contributed by atoms with E-state index in [0.717, 1.165) is 12.1 Å². The summed E-state index contributed by atoms with van der Waals surface area (Å²) < 4.78 is 39.1. The van der Waals surface area contributed by atoms with Crippen LogP contribution in [-0.2, 0) is 17.5 Å². The molecule has 0 radical (unpaired) electrons. The van der Waals surface area contributed by atoms with Crippen LogP contribution in [0.15, 0.2) is 35.7 Å². The standard InChI is InChI=1S/C18H18F3N3O2S/c19-18(20,21)12-7-11(10-22)8-13(9-12)23-16(25)14-3-1-5-24(14)17(26)15-4-2-6-27-15/h2,4,6-9,14H,1,3,5,10,22H2,(H,23,25). The lowest BCUT2D eigenvalue weighted by Gasteiger charge is -2.23. The zero-order valence-electron chi connectivity index (χ0n) is 14.3. The van der Waals surface area contributed by atoms with Crippen molar-refractivity contribution in [3.63, 3.8) is 0 Å². The number of carbonyl (C=O) groups is 2. The molecular formula is C18H18F3N3O2S. The number of thiophene rings is 1. The van der Waals surface area contributed by atoms with Gasteiger partial charge in [-0.1, -0.05) is 6.07 Å². The molecular weight excluding hydrogens is 379 g/mol. The number of carbonyl (C=O) groups excluding carboxylic acids is 2. The molecule has 1 aliphatic heterocycles. The molecule has 1 aromatic heterocycles. The lowest BCUT2D eigenvalue weighted by molar-refractivity contribution is -0.137. The summed E-state index contributed by atoms with van der Waals surface area (Å²) in [4.78, 5) is 27.2. The molecule has 1 unspecified atom stereocenters. The summed E-state index contributed by atoms with van der Waals surface area (Å²) in [5.74, 6) is -0.742. The highest BCUT2D eigenvalue weighted by Gasteiger charge is 2.35. The summed E-state index contributed by atoms with van der Waals surface area (Å²) in [6.07, 6.45) is -3.42. The van der Waals surface area contributed by atoms with Gasteiger partial charge in [-0.05, 0) is 48.1 Å². The summed E-state index contributed by atoms with van der Waals surface area (Å²) in [5.41, 5.74) is 4.87. The van der Waals surface area contributed by atoms with E-state index in [1.54, 1.807) is 17.5 Å². The van der Waals surface area contributed by atoms with Crippen LogP contribution < -0.4 is 11.1 Å². The van der Waals surface area contributed by atoms with Gasteiger partial charge >= 0.3 is 6.18 Å². The molecule has 9 heteroatoms. The van der Waals surface area contributed by atoms with Crippen molar-refractivity contribution in [2.75, 3.05) is 11.9 Å². The van der Waals surface area contributed by atoms with Crippen LogP contribution in [0.25, 0.3) is 0 Å². The van der Waals surface area contributed by atoms with Crippen LogP contribution in [0.5, 0.6) is 0 Å². The summed E-state index contributed by atoms with van der Waals surface area (Å²) in [5, 5.41) is 4.29. The van der Waals surface area contributed by atoms with Crippen molar-refractivity contribution >= 4 is 28.8 Å². The Kier molecular flexibility index (Phi) is 5.52. The summed E-state index contributed by atoms with van der Waals surface area (Å²) in [6, 6.07) is 5.96. The Bertz CT molecular complexity index is 837. The van der Waals surface area contributed by atoms with Gasteiger partial charge in [0.2, 0.25) is 5.91 Å². The first-order chi connectivity index (χ1) is 12.8. The quantitative estimate of drug-likeness (QED) is 0.830. The van der Waals surface area contributed by atoms with Gasteiger partial charge in [0.15, 0.2) is 0 Å². The Morgan fingerprint density at radius 1 is 1.30 bits per heavy atom. The van der Waals surface area contributed by atoms with Gasteiger partial charge in [-0.25, -0.2) is 0 Å². The first kappa shape index (κ1) is 19.4. The fourth-order valence-corrected chi connectivity index (χ4v) is 3.77. The van der Waals surface area contributed by atoms with Crippen molar-refractivity contribution in [3.8, 4) is 0 Å². The van der Waals surface area contributed by atoms with Crippen LogP contribution in [0.1, 0.15) is 33.6 Å². The molecule has 2 heterocycles. The monoisotopic (exact) mass is 397 g/mol. The van der Waals surface area contributed by atoms with Crippen LogP contribution in [-0.4, -0.2) is 29.3 Å². The second-order valence-electron chi connectivity index (χ2n) is 6.24. The molecule has 2 aromatic rings. The zero-order valence-corrected chi connectivity index (χ0v) is 15.1. The van der Waals surface area contributed by atoms with E-state index in [1.807, 2.05) is 0 Å². The minimum atomic E-state index is -4.54. The van der Waals surface area contributed by atoms with Crippen molar-refractivity contribution in [2.45, 2.75) is 31.6 Å². The molecule has 1 fully saturated rings. The number of nitrogens with zero attached hydrogens (tertiary/aromatic N) is 1. The van der Waals surface area contributed by atoms with E-state index >= 15 is 0 Å². The van der Waals surface area contributed by atoms with Gasteiger partial charge in [-0.15, -0.1) is 11.3 Å². The van der Waals surface area contributed by atoms with Gasteiger partial charge in [0.25, 0.3) is 5.91 Å². The molecule has 1 saturated heterocycles. The largest absolute Gasteiger partial charge is 0.416 e. The first-order valence-corrected chi connectivity index (χ1v) is 9.24. The molecule has 3 N–H and O–H groups in total. The van der Waals surface area contributed by atoms with Crippen LogP contribution in [0, 0.1) is 0 Å². The number of benzene rings is 1. The fraction of sp³-hybridized carbons (Fsp3) is 0.333. The number of anilines is 1. The summed E-state index contributed by atoms with van der Waals surface area (Å²) >= 11 is 1.28. The van der Waals surface area contributed by atoms with E-state index in [2.05, 4.69) is 5.32 Å². The van der Waals surface area contributed by atoms with Crippen LogP contribution >= 0.6 is 11.3 Å². The topological polar surface area (TPSA) is 75.4 Å². The third-order valence-electron chi connectivity index (χ3n) is 4.37. The smallest absolute Gasteiger partial charge is 0.326 e. The minimum absolute atomic E-state index is 0.0192. The van der Waals surface area contributed by atoms with Gasteiger partial charge in [-0.3, -0.25) is 9.59 Å². The van der Waals surface area contributed by atoms with Crippen molar-refractivity contribution < 1.29 is 22.8 Å². The molecule has 0 aliphatic carbocycles. The molecule has 1 atom stereocenters. The number of hydrogen-bond donors (Lipinski definition) is 2. The molecule has 3 rings (SSSR count). The highest BCUT2D eigenvalue weighted by atomic mass is 32.1. The molecule has 5 nitrogen and oxygen atoms in total. The van der Waals surface area contributed by atoms with Gasteiger partial charge in [0.1, 0.15) is 6.04 Å². The Labute approximate surface area is 158 Å². The van der Waals surface area contributed by atoms with Crippen LogP contribution in [0.2, 0.25) is 0 Å². The van der Waals surface area contributed by atoms with E-state index in [9.17, 15) is 22.8 Å². The van der Waals surface area contributed by atoms with Crippen molar-refractivity contribution in [1.82, 2.24) is 4.90 Å². The molecule has 1 aromatic carbocycles. The van der Waals surface area contributed by atoms with Crippen molar-refractivity contribution in [3.05, 3.63) is 51.7 Å². The molecule has 0 bridgehead atoms. The highest BCUT2D eigenvalue weighted by Crippen LogP contribution is 2.32. The number of rotatable bonds is 4. The molecule has 0 saturated carbocycles. The average molecular weight is 397 g/mol. The van der Waals surface area contributed by atoms with Crippen LogP contribution in [0.3, 0.4) is 0 Å². The Morgan fingerprint density at radius 2 is 2.07 bits per heavy atom.